The van der Waals surface area contributed by atoms with E-state index in [9.17, 15) is 14.0 Å². The average molecular weight is 523 g/mol. The predicted octanol–water partition coefficient (Wildman–Crippen LogP) is 4.71. The standard InChI is InChI=1S/C29H39FN6O2/c1-19-26-16-24(12-14-27(26)34-33-19)31-29(38)32-28-17-25(36(4)20(2)37)13-9-22(28)18-35(3)15-5-6-21-7-10-23(30)11-8-21/h7-8,10-12,14,16,22,25,28H,5-6,9,13,15,17-18H2,1-4H3,(H,33,34)(H2,31,32,38)/t22-,25+,28+/m0/s1. The van der Waals surface area contributed by atoms with E-state index in [0.717, 1.165) is 67.4 Å². The Balaban J connectivity index is 1.36. The Morgan fingerprint density at radius 3 is 2.63 bits per heavy atom. The van der Waals surface area contributed by atoms with Crippen LogP contribution < -0.4 is 10.6 Å². The van der Waals surface area contributed by atoms with E-state index in [2.05, 4.69) is 32.8 Å². The Hall–Kier alpha value is -3.46. The minimum atomic E-state index is -0.245. The highest BCUT2D eigenvalue weighted by molar-refractivity contribution is 5.93. The predicted molar refractivity (Wildman–Crippen MR) is 149 cm³/mol. The number of fused-ring (bicyclic) bond motifs is 1. The van der Waals surface area contributed by atoms with Crippen molar-refractivity contribution in [2.45, 2.75) is 58.0 Å². The molecule has 1 saturated carbocycles. The van der Waals surface area contributed by atoms with Gasteiger partial charge in [0, 0.05) is 43.7 Å². The maximum Gasteiger partial charge on any atom is 0.319 e. The molecule has 1 fully saturated rings. The molecule has 0 bridgehead atoms. The molecule has 0 spiro atoms. The Morgan fingerprint density at radius 2 is 1.89 bits per heavy atom. The summed E-state index contributed by atoms with van der Waals surface area (Å²) in [6, 6.07) is 12.2. The number of aryl methyl sites for hydroxylation is 2. The van der Waals surface area contributed by atoms with Gasteiger partial charge in [-0.1, -0.05) is 12.1 Å². The second-order valence-corrected chi connectivity index (χ2v) is 10.6. The topological polar surface area (TPSA) is 93.4 Å². The number of halogens is 1. The summed E-state index contributed by atoms with van der Waals surface area (Å²) in [5.41, 5.74) is 3.65. The lowest BCUT2D eigenvalue weighted by Crippen LogP contribution is -2.53. The third-order valence-electron chi connectivity index (χ3n) is 7.80. The largest absolute Gasteiger partial charge is 0.343 e. The number of aromatic nitrogens is 2. The average Bonchev–Trinajstić information content (AvgIpc) is 3.25. The first kappa shape index (κ1) is 27.6. The summed E-state index contributed by atoms with van der Waals surface area (Å²) < 4.78 is 13.2. The van der Waals surface area contributed by atoms with Crippen LogP contribution in [-0.2, 0) is 11.2 Å². The molecule has 1 aliphatic rings. The first-order valence-electron chi connectivity index (χ1n) is 13.4. The minimum Gasteiger partial charge on any atom is -0.343 e. The number of hydrogen-bond donors (Lipinski definition) is 3. The number of urea groups is 1. The van der Waals surface area contributed by atoms with E-state index in [-0.39, 0.29) is 35.8 Å². The van der Waals surface area contributed by atoms with Gasteiger partial charge in [-0.25, -0.2) is 9.18 Å². The van der Waals surface area contributed by atoms with Gasteiger partial charge in [-0.05, 0) is 94.4 Å². The molecule has 3 aromatic rings. The lowest BCUT2D eigenvalue weighted by atomic mass is 9.80. The van der Waals surface area contributed by atoms with Gasteiger partial charge < -0.3 is 20.4 Å². The van der Waals surface area contributed by atoms with E-state index >= 15 is 0 Å². The van der Waals surface area contributed by atoms with Crippen molar-refractivity contribution in [2.75, 3.05) is 32.5 Å². The lowest BCUT2D eigenvalue weighted by molar-refractivity contribution is -0.130. The van der Waals surface area contributed by atoms with Gasteiger partial charge in [0.2, 0.25) is 5.91 Å². The Bertz CT molecular complexity index is 1240. The molecule has 1 aliphatic carbocycles. The molecule has 204 valence electrons. The minimum absolute atomic E-state index is 0.0401. The number of carbonyl (C=O) groups is 2. The SMILES string of the molecule is CC(=O)N(C)[C@@H]1CC[C@@H](CN(C)CCCc2ccc(F)cc2)[C@H](NC(=O)Nc2ccc3[nH]nc(C)c3c2)C1. The van der Waals surface area contributed by atoms with Gasteiger partial charge in [0.05, 0.1) is 11.2 Å². The van der Waals surface area contributed by atoms with Gasteiger partial charge in [0.25, 0.3) is 0 Å². The number of anilines is 1. The van der Waals surface area contributed by atoms with E-state index in [1.807, 2.05) is 44.3 Å². The Labute approximate surface area is 224 Å². The van der Waals surface area contributed by atoms with Crippen LogP contribution in [0.4, 0.5) is 14.9 Å². The maximum absolute atomic E-state index is 13.2. The van der Waals surface area contributed by atoms with Gasteiger partial charge in [0.15, 0.2) is 0 Å². The molecule has 38 heavy (non-hydrogen) atoms. The number of H-pyrrole nitrogens is 1. The van der Waals surface area contributed by atoms with Crippen LogP contribution in [0.5, 0.6) is 0 Å². The fraction of sp³-hybridized carbons (Fsp3) is 0.483. The molecule has 3 amide bonds. The normalized spacial score (nSPS) is 19.5. The fourth-order valence-electron chi connectivity index (χ4n) is 5.47. The van der Waals surface area contributed by atoms with Gasteiger partial charge >= 0.3 is 6.03 Å². The molecule has 4 rings (SSSR count). The third kappa shape index (κ3) is 7.10. The highest BCUT2D eigenvalue weighted by Gasteiger charge is 2.34. The van der Waals surface area contributed by atoms with Crippen molar-refractivity contribution in [3.63, 3.8) is 0 Å². The van der Waals surface area contributed by atoms with E-state index in [1.165, 1.54) is 12.1 Å². The third-order valence-corrected chi connectivity index (χ3v) is 7.80. The second kappa shape index (κ2) is 12.4. The lowest BCUT2D eigenvalue weighted by Gasteiger charge is -2.41. The molecule has 9 heteroatoms. The first-order chi connectivity index (χ1) is 18.2. The number of nitrogens with zero attached hydrogens (tertiary/aromatic N) is 3. The zero-order valence-corrected chi connectivity index (χ0v) is 22.8. The van der Waals surface area contributed by atoms with E-state index in [0.29, 0.717) is 5.69 Å². The number of amides is 3. The summed E-state index contributed by atoms with van der Waals surface area (Å²) in [5.74, 6) is 0.0988. The number of benzene rings is 2. The Kier molecular flexibility index (Phi) is 8.99. The van der Waals surface area contributed by atoms with Crippen molar-refractivity contribution in [3.8, 4) is 0 Å². The molecule has 0 radical (unpaired) electrons. The van der Waals surface area contributed by atoms with Crippen LogP contribution >= 0.6 is 0 Å². The van der Waals surface area contributed by atoms with Crippen LogP contribution in [0.15, 0.2) is 42.5 Å². The van der Waals surface area contributed by atoms with E-state index < -0.39 is 0 Å². The van der Waals surface area contributed by atoms with E-state index in [1.54, 1.807) is 11.8 Å². The zero-order chi connectivity index (χ0) is 27.2. The maximum atomic E-state index is 13.2. The second-order valence-electron chi connectivity index (χ2n) is 10.6. The molecule has 1 heterocycles. The number of nitrogens with one attached hydrogen (secondary N) is 3. The number of aromatic amines is 1. The van der Waals surface area contributed by atoms with Crippen molar-refractivity contribution in [3.05, 3.63) is 59.5 Å². The fourth-order valence-corrected chi connectivity index (χ4v) is 5.47. The molecule has 0 saturated heterocycles. The number of rotatable bonds is 9. The van der Waals surface area contributed by atoms with Crippen LogP contribution in [0.25, 0.3) is 10.9 Å². The number of hydrogen-bond acceptors (Lipinski definition) is 4. The molecule has 3 atom stereocenters. The molecular weight excluding hydrogens is 483 g/mol. The highest BCUT2D eigenvalue weighted by Crippen LogP contribution is 2.29. The summed E-state index contributed by atoms with van der Waals surface area (Å²) in [4.78, 5) is 29.2. The Morgan fingerprint density at radius 1 is 1.13 bits per heavy atom. The van der Waals surface area contributed by atoms with Crippen LogP contribution in [0.3, 0.4) is 0 Å². The van der Waals surface area contributed by atoms with Crippen LogP contribution in [0.2, 0.25) is 0 Å². The van der Waals surface area contributed by atoms with Gasteiger partial charge in [-0.3, -0.25) is 9.89 Å². The molecule has 3 N–H and O–H groups in total. The van der Waals surface area contributed by atoms with Crippen LogP contribution in [0.1, 0.15) is 43.9 Å². The summed E-state index contributed by atoms with van der Waals surface area (Å²) in [7, 11) is 3.95. The highest BCUT2D eigenvalue weighted by atomic mass is 19.1. The molecule has 0 aliphatic heterocycles. The summed E-state index contributed by atoms with van der Waals surface area (Å²) >= 11 is 0. The van der Waals surface area contributed by atoms with E-state index in [4.69, 9.17) is 0 Å². The van der Waals surface area contributed by atoms with Crippen molar-refractivity contribution in [1.29, 1.82) is 0 Å². The summed E-state index contributed by atoms with van der Waals surface area (Å²) in [6.45, 7) is 5.28. The molecule has 1 aromatic heterocycles. The van der Waals surface area contributed by atoms with Crippen LogP contribution in [-0.4, -0.2) is 71.2 Å². The van der Waals surface area contributed by atoms with Crippen molar-refractivity contribution < 1.29 is 14.0 Å². The van der Waals surface area contributed by atoms with Crippen molar-refractivity contribution in [2.24, 2.45) is 5.92 Å². The summed E-state index contributed by atoms with van der Waals surface area (Å²) in [6.07, 6.45) is 4.43. The molecule has 8 nitrogen and oxygen atoms in total. The monoisotopic (exact) mass is 522 g/mol. The molecular formula is C29H39FN6O2. The van der Waals surface area contributed by atoms with Crippen LogP contribution in [0, 0.1) is 18.7 Å². The molecule has 0 unspecified atom stereocenters. The number of carbonyl (C=O) groups excluding carboxylic acids is 2. The smallest absolute Gasteiger partial charge is 0.319 e. The van der Waals surface area contributed by atoms with Crippen molar-refractivity contribution >= 4 is 28.5 Å². The van der Waals surface area contributed by atoms with Gasteiger partial charge in [0.1, 0.15) is 5.82 Å². The van der Waals surface area contributed by atoms with Crippen molar-refractivity contribution in [1.82, 2.24) is 25.3 Å². The van der Waals surface area contributed by atoms with Gasteiger partial charge in [-0.2, -0.15) is 5.10 Å². The quantitative estimate of drug-likeness (QED) is 0.379. The zero-order valence-electron chi connectivity index (χ0n) is 22.8. The van der Waals surface area contributed by atoms with Gasteiger partial charge in [-0.15, -0.1) is 0 Å². The first-order valence-corrected chi connectivity index (χ1v) is 13.4. The summed E-state index contributed by atoms with van der Waals surface area (Å²) in [5, 5.41) is 14.4. The molecule has 2 aromatic carbocycles.